The van der Waals surface area contributed by atoms with Crippen molar-refractivity contribution in [3.63, 3.8) is 0 Å². The topological polar surface area (TPSA) is 41.5 Å². The van der Waals surface area contributed by atoms with Crippen molar-refractivity contribution in [1.29, 1.82) is 0 Å². The third-order valence-electron chi connectivity index (χ3n) is 4.36. The fourth-order valence-corrected chi connectivity index (χ4v) is 3.17. The Morgan fingerprint density at radius 3 is 2.52 bits per heavy atom. The smallest absolute Gasteiger partial charge is 0.119 e. The molecule has 2 N–H and O–H groups in total. The van der Waals surface area contributed by atoms with Gasteiger partial charge in [0.05, 0.1) is 0 Å². The average Bonchev–Trinajstić information content (AvgIpc) is 2.43. The van der Waals surface area contributed by atoms with E-state index < -0.39 is 6.10 Å². The van der Waals surface area contributed by atoms with Crippen molar-refractivity contribution in [3.8, 4) is 5.75 Å². The summed E-state index contributed by atoms with van der Waals surface area (Å²) in [6.07, 6.45) is 4.72. The minimum absolute atomic E-state index is 0.344. The van der Waals surface area contributed by atoms with Gasteiger partial charge in [0, 0.05) is 12.6 Å². The Balaban J connectivity index is 1.73. The van der Waals surface area contributed by atoms with Gasteiger partial charge in [0.1, 0.15) is 18.5 Å². The van der Waals surface area contributed by atoms with Crippen LogP contribution in [0.2, 0.25) is 0 Å². The summed E-state index contributed by atoms with van der Waals surface area (Å²) in [5, 5.41) is 13.6. The molecule has 0 unspecified atom stereocenters. The van der Waals surface area contributed by atoms with Crippen molar-refractivity contribution in [3.05, 3.63) is 29.3 Å². The maximum absolute atomic E-state index is 10.1. The van der Waals surface area contributed by atoms with Crippen LogP contribution in [0.15, 0.2) is 18.2 Å². The number of aliphatic hydroxyl groups excluding tert-OH is 1. The summed E-state index contributed by atoms with van der Waals surface area (Å²) in [6, 6.07) is 6.69. The molecule has 0 saturated heterocycles. The zero-order chi connectivity index (χ0) is 15.2. The molecule has 0 heterocycles. The average molecular weight is 291 g/mol. The molecule has 1 fully saturated rings. The van der Waals surface area contributed by atoms with Crippen LogP contribution in [-0.4, -0.2) is 30.4 Å². The molecule has 0 radical (unpaired) electrons. The number of hydrogen-bond acceptors (Lipinski definition) is 3. The Morgan fingerprint density at radius 1 is 1.19 bits per heavy atom. The third-order valence-corrected chi connectivity index (χ3v) is 4.36. The van der Waals surface area contributed by atoms with E-state index >= 15 is 0 Å². The minimum atomic E-state index is -0.458. The van der Waals surface area contributed by atoms with Crippen LogP contribution in [-0.2, 0) is 0 Å². The van der Waals surface area contributed by atoms with Gasteiger partial charge in [-0.05, 0) is 55.9 Å². The number of ether oxygens (including phenoxy) is 1. The van der Waals surface area contributed by atoms with Crippen LogP contribution in [0.5, 0.6) is 5.75 Å². The highest BCUT2D eigenvalue weighted by molar-refractivity contribution is 5.32. The van der Waals surface area contributed by atoms with Gasteiger partial charge in [-0.25, -0.2) is 0 Å². The zero-order valence-corrected chi connectivity index (χ0v) is 13.6. The summed E-state index contributed by atoms with van der Waals surface area (Å²) in [5.74, 6) is 1.56. The molecular weight excluding hydrogens is 262 g/mol. The SMILES string of the molecule is Cc1cc(C)cc(OC[C@H](O)CN[C@@H]2CCCC[C@H]2C)c1. The number of nitrogens with one attached hydrogen (secondary N) is 1. The summed E-state index contributed by atoms with van der Waals surface area (Å²) in [7, 11) is 0. The molecule has 1 aromatic rings. The molecule has 118 valence electrons. The molecule has 1 aliphatic carbocycles. The number of rotatable bonds is 6. The summed E-state index contributed by atoms with van der Waals surface area (Å²) in [5.41, 5.74) is 2.38. The van der Waals surface area contributed by atoms with Crippen LogP contribution in [0, 0.1) is 19.8 Å². The van der Waals surface area contributed by atoms with E-state index in [1.54, 1.807) is 0 Å². The molecule has 3 nitrogen and oxygen atoms in total. The Morgan fingerprint density at radius 2 is 1.86 bits per heavy atom. The molecule has 0 bridgehead atoms. The fraction of sp³-hybridized carbons (Fsp3) is 0.667. The van der Waals surface area contributed by atoms with E-state index in [-0.39, 0.29) is 0 Å². The van der Waals surface area contributed by atoms with Gasteiger partial charge in [0.25, 0.3) is 0 Å². The number of aryl methyl sites for hydroxylation is 2. The first-order valence-corrected chi connectivity index (χ1v) is 8.17. The first-order valence-electron chi connectivity index (χ1n) is 8.17. The van der Waals surface area contributed by atoms with Crippen LogP contribution in [0.3, 0.4) is 0 Å². The highest BCUT2D eigenvalue weighted by atomic mass is 16.5. The molecule has 2 rings (SSSR count). The highest BCUT2D eigenvalue weighted by Gasteiger charge is 2.21. The van der Waals surface area contributed by atoms with E-state index in [0.717, 1.165) is 5.75 Å². The largest absolute Gasteiger partial charge is 0.491 e. The van der Waals surface area contributed by atoms with Gasteiger partial charge >= 0.3 is 0 Å². The lowest BCUT2D eigenvalue weighted by atomic mass is 9.86. The Kier molecular flexibility index (Phi) is 6.07. The van der Waals surface area contributed by atoms with Crippen molar-refractivity contribution in [2.24, 2.45) is 5.92 Å². The second-order valence-electron chi connectivity index (χ2n) is 6.56. The summed E-state index contributed by atoms with van der Waals surface area (Å²) < 4.78 is 5.71. The molecular formula is C18H29NO2. The predicted molar refractivity (Wildman–Crippen MR) is 86.8 cm³/mol. The number of hydrogen-bond donors (Lipinski definition) is 2. The Bertz CT molecular complexity index is 427. The minimum Gasteiger partial charge on any atom is -0.491 e. The molecule has 0 amide bonds. The molecule has 1 aliphatic rings. The summed E-state index contributed by atoms with van der Waals surface area (Å²) in [4.78, 5) is 0. The van der Waals surface area contributed by atoms with Crippen LogP contribution in [0.25, 0.3) is 0 Å². The monoisotopic (exact) mass is 291 g/mol. The van der Waals surface area contributed by atoms with E-state index in [1.807, 2.05) is 12.1 Å². The van der Waals surface area contributed by atoms with E-state index in [0.29, 0.717) is 25.1 Å². The lowest BCUT2D eigenvalue weighted by Crippen LogP contribution is -2.42. The van der Waals surface area contributed by atoms with E-state index in [9.17, 15) is 5.11 Å². The quantitative estimate of drug-likeness (QED) is 0.845. The lowest BCUT2D eigenvalue weighted by Gasteiger charge is -2.30. The molecule has 21 heavy (non-hydrogen) atoms. The third kappa shape index (κ3) is 5.33. The molecule has 0 spiro atoms. The molecule has 0 aliphatic heterocycles. The van der Waals surface area contributed by atoms with Crippen LogP contribution < -0.4 is 10.1 Å². The molecule has 3 heteroatoms. The van der Waals surface area contributed by atoms with Crippen LogP contribution in [0.4, 0.5) is 0 Å². The maximum Gasteiger partial charge on any atom is 0.119 e. The Hall–Kier alpha value is -1.06. The lowest BCUT2D eigenvalue weighted by molar-refractivity contribution is 0.0984. The van der Waals surface area contributed by atoms with Crippen LogP contribution in [0.1, 0.15) is 43.7 Å². The fourth-order valence-electron chi connectivity index (χ4n) is 3.17. The predicted octanol–water partition coefficient (Wildman–Crippen LogP) is 3.21. The van der Waals surface area contributed by atoms with Gasteiger partial charge in [-0.15, -0.1) is 0 Å². The summed E-state index contributed by atoms with van der Waals surface area (Å²) >= 11 is 0. The second kappa shape index (κ2) is 7.81. The molecule has 0 aromatic heterocycles. The molecule has 1 aromatic carbocycles. The first-order chi connectivity index (χ1) is 10.0. The van der Waals surface area contributed by atoms with Crippen molar-refractivity contribution < 1.29 is 9.84 Å². The van der Waals surface area contributed by atoms with E-state index in [2.05, 4.69) is 32.2 Å². The van der Waals surface area contributed by atoms with Gasteiger partial charge in [0.2, 0.25) is 0 Å². The molecule has 3 atom stereocenters. The van der Waals surface area contributed by atoms with E-state index in [4.69, 9.17) is 4.74 Å². The standard InChI is InChI=1S/C18H29NO2/c1-13-8-14(2)10-17(9-13)21-12-16(20)11-19-18-7-5-4-6-15(18)3/h8-10,15-16,18-20H,4-7,11-12H2,1-3H3/t15-,16-,18-/m1/s1. The maximum atomic E-state index is 10.1. The zero-order valence-electron chi connectivity index (χ0n) is 13.6. The Labute approximate surface area is 128 Å². The van der Waals surface area contributed by atoms with Crippen molar-refractivity contribution in [1.82, 2.24) is 5.32 Å². The van der Waals surface area contributed by atoms with E-state index in [1.165, 1.54) is 36.8 Å². The van der Waals surface area contributed by atoms with Gasteiger partial charge in [-0.3, -0.25) is 0 Å². The summed E-state index contributed by atoms with van der Waals surface area (Å²) in [6.45, 7) is 7.37. The normalized spacial score (nSPS) is 23.8. The number of benzene rings is 1. The van der Waals surface area contributed by atoms with Gasteiger partial charge < -0.3 is 15.2 Å². The van der Waals surface area contributed by atoms with Gasteiger partial charge in [-0.2, -0.15) is 0 Å². The van der Waals surface area contributed by atoms with Gasteiger partial charge in [-0.1, -0.05) is 25.8 Å². The van der Waals surface area contributed by atoms with Crippen molar-refractivity contribution in [2.75, 3.05) is 13.2 Å². The highest BCUT2D eigenvalue weighted by Crippen LogP contribution is 2.23. The first kappa shape index (κ1) is 16.3. The van der Waals surface area contributed by atoms with Crippen molar-refractivity contribution >= 4 is 0 Å². The van der Waals surface area contributed by atoms with Gasteiger partial charge in [0.15, 0.2) is 0 Å². The van der Waals surface area contributed by atoms with Crippen LogP contribution >= 0.6 is 0 Å². The number of aliphatic hydroxyl groups is 1. The molecule has 1 saturated carbocycles. The van der Waals surface area contributed by atoms with Crippen molar-refractivity contribution in [2.45, 2.75) is 58.6 Å². The second-order valence-corrected chi connectivity index (χ2v) is 6.56.